The van der Waals surface area contributed by atoms with E-state index in [1.165, 1.54) is 19.1 Å². The molecular formula is C25H26N2O6. The van der Waals surface area contributed by atoms with Gasteiger partial charge in [0.2, 0.25) is 5.91 Å². The highest BCUT2D eigenvalue weighted by molar-refractivity contribution is 5.89. The number of hydrogen-bond acceptors (Lipinski definition) is 5. The predicted octanol–water partition coefficient (Wildman–Crippen LogP) is 2.69. The lowest BCUT2D eigenvalue weighted by atomic mass is 9.85. The molecule has 0 bridgehead atoms. The Morgan fingerprint density at radius 1 is 1.12 bits per heavy atom. The van der Waals surface area contributed by atoms with E-state index in [0.29, 0.717) is 0 Å². The largest absolute Gasteiger partial charge is 0.481 e. The molecule has 1 fully saturated rings. The summed E-state index contributed by atoms with van der Waals surface area (Å²) in [5.74, 6) is -1.50. The van der Waals surface area contributed by atoms with E-state index in [2.05, 4.69) is 22.8 Å². The van der Waals surface area contributed by atoms with Crippen LogP contribution in [0.3, 0.4) is 0 Å². The number of rotatable bonds is 7. The Morgan fingerprint density at radius 2 is 1.76 bits per heavy atom. The van der Waals surface area contributed by atoms with Crippen molar-refractivity contribution in [1.29, 1.82) is 0 Å². The van der Waals surface area contributed by atoms with Crippen LogP contribution in [0.4, 0.5) is 4.79 Å². The number of alkyl carbamates (subject to hydrolysis) is 1. The third-order valence-corrected chi connectivity index (χ3v) is 6.24. The molecular weight excluding hydrogens is 424 g/mol. The molecule has 2 aromatic rings. The molecule has 1 aliphatic heterocycles. The molecule has 0 saturated carbocycles. The maximum absolute atomic E-state index is 12.2. The van der Waals surface area contributed by atoms with Gasteiger partial charge in [0.25, 0.3) is 0 Å². The van der Waals surface area contributed by atoms with E-state index in [9.17, 15) is 19.5 Å². The summed E-state index contributed by atoms with van der Waals surface area (Å²) in [5.41, 5.74) is 3.41. The number of amides is 2. The normalized spacial score (nSPS) is 21.4. The van der Waals surface area contributed by atoms with E-state index in [1.54, 1.807) is 0 Å². The van der Waals surface area contributed by atoms with Crippen molar-refractivity contribution in [1.82, 2.24) is 10.6 Å². The molecule has 4 rings (SSSR count). The molecule has 8 heteroatoms. The van der Waals surface area contributed by atoms with Gasteiger partial charge in [0, 0.05) is 18.5 Å². The van der Waals surface area contributed by atoms with Crippen LogP contribution in [-0.2, 0) is 19.1 Å². The van der Waals surface area contributed by atoms with E-state index >= 15 is 0 Å². The zero-order valence-electron chi connectivity index (χ0n) is 18.2. The second kappa shape index (κ2) is 9.46. The number of carbonyl (C=O) groups excluding carboxylic acids is 2. The highest BCUT2D eigenvalue weighted by atomic mass is 16.5. The van der Waals surface area contributed by atoms with Crippen molar-refractivity contribution >= 4 is 18.0 Å². The third-order valence-electron chi connectivity index (χ3n) is 6.24. The summed E-state index contributed by atoms with van der Waals surface area (Å²) in [4.78, 5) is 35.7. The van der Waals surface area contributed by atoms with Crippen molar-refractivity contribution in [2.24, 2.45) is 5.41 Å². The fourth-order valence-corrected chi connectivity index (χ4v) is 4.26. The van der Waals surface area contributed by atoms with Crippen LogP contribution in [0, 0.1) is 5.41 Å². The molecule has 8 nitrogen and oxygen atoms in total. The maximum Gasteiger partial charge on any atom is 0.407 e. The first-order valence-corrected chi connectivity index (χ1v) is 10.8. The Labute approximate surface area is 191 Å². The van der Waals surface area contributed by atoms with Crippen molar-refractivity contribution < 1.29 is 29.0 Å². The summed E-state index contributed by atoms with van der Waals surface area (Å²) < 4.78 is 10.7. The third kappa shape index (κ3) is 4.61. The minimum absolute atomic E-state index is 0.0263. The first kappa shape index (κ1) is 22.5. The van der Waals surface area contributed by atoms with Crippen LogP contribution in [0.5, 0.6) is 0 Å². The van der Waals surface area contributed by atoms with Crippen LogP contribution in [0.25, 0.3) is 11.1 Å². The predicted molar refractivity (Wildman–Crippen MR) is 121 cm³/mol. The SMILES string of the molecule is CC1(C(=O)O)COCC1NC(=O)/C=C/CNC(=O)OCC1c2ccccc2-c2ccccc21. The van der Waals surface area contributed by atoms with Crippen LogP contribution >= 0.6 is 0 Å². The van der Waals surface area contributed by atoms with Crippen molar-refractivity contribution in [3.05, 3.63) is 71.8 Å². The lowest BCUT2D eigenvalue weighted by Gasteiger charge is -2.24. The number of aliphatic carboxylic acids is 1. The molecule has 1 heterocycles. The number of benzene rings is 2. The van der Waals surface area contributed by atoms with Crippen LogP contribution in [-0.4, -0.2) is 55.5 Å². The summed E-state index contributed by atoms with van der Waals surface area (Å²) in [6, 6.07) is 15.6. The van der Waals surface area contributed by atoms with Gasteiger partial charge in [-0.15, -0.1) is 0 Å². The molecule has 0 aromatic heterocycles. The van der Waals surface area contributed by atoms with Gasteiger partial charge < -0.3 is 25.2 Å². The second-order valence-electron chi connectivity index (χ2n) is 8.41. The van der Waals surface area contributed by atoms with Gasteiger partial charge in [0.1, 0.15) is 12.0 Å². The highest BCUT2D eigenvalue weighted by Crippen LogP contribution is 2.44. The molecule has 2 aliphatic rings. The smallest absolute Gasteiger partial charge is 0.407 e. The minimum Gasteiger partial charge on any atom is -0.481 e. The molecule has 33 heavy (non-hydrogen) atoms. The summed E-state index contributed by atoms with van der Waals surface area (Å²) in [5, 5.41) is 14.6. The Bertz CT molecular complexity index is 1050. The van der Waals surface area contributed by atoms with E-state index in [0.717, 1.165) is 22.3 Å². The Hall–Kier alpha value is -3.65. The van der Waals surface area contributed by atoms with Crippen LogP contribution in [0.2, 0.25) is 0 Å². The van der Waals surface area contributed by atoms with E-state index < -0.39 is 29.4 Å². The van der Waals surface area contributed by atoms with Gasteiger partial charge in [0.05, 0.1) is 19.3 Å². The maximum atomic E-state index is 12.2. The summed E-state index contributed by atoms with van der Waals surface area (Å²) in [7, 11) is 0. The zero-order chi connectivity index (χ0) is 23.4. The van der Waals surface area contributed by atoms with Crippen molar-refractivity contribution in [3.8, 4) is 11.1 Å². The molecule has 2 aromatic carbocycles. The lowest BCUT2D eigenvalue weighted by molar-refractivity contribution is -0.148. The standard InChI is InChI=1S/C25H26N2O6/c1-25(23(29)30)15-32-14-21(25)27-22(28)11-6-12-26-24(31)33-13-20-18-9-4-2-7-16(18)17-8-3-5-10-19(17)20/h2-11,20-21H,12-15H2,1H3,(H,26,31)(H,27,28)(H,29,30)/b11-6+. The Morgan fingerprint density at radius 3 is 2.39 bits per heavy atom. The fraction of sp³-hybridized carbons (Fsp3) is 0.320. The van der Waals surface area contributed by atoms with Gasteiger partial charge in [0.15, 0.2) is 0 Å². The minimum atomic E-state index is -1.16. The van der Waals surface area contributed by atoms with Gasteiger partial charge in [-0.3, -0.25) is 9.59 Å². The quantitative estimate of drug-likeness (QED) is 0.559. The topological polar surface area (TPSA) is 114 Å². The average molecular weight is 450 g/mol. The molecule has 2 amide bonds. The first-order valence-electron chi connectivity index (χ1n) is 10.8. The fourth-order valence-electron chi connectivity index (χ4n) is 4.26. The molecule has 0 spiro atoms. The van der Waals surface area contributed by atoms with Crippen molar-refractivity contribution in [2.45, 2.75) is 18.9 Å². The highest BCUT2D eigenvalue weighted by Gasteiger charge is 2.47. The average Bonchev–Trinajstić information content (AvgIpc) is 3.34. The molecule has 2 unspecified atom stereocenters. The van der Waals surface area contributed by atoms with Gasteiger partial charge >= 0.3 is 12.1 Å². The number of fused-ring (bicyclic) bond motifs is 3. The molecule has 3 N–H and O–H groups in total. The first-order chi connectivity index (χ1) is 15.9. The van der Waals surface area contributed by atoms with Crippen molar-refractivity contribution in [3.63, 3.8) is 0 Å². The monoisotopic (exact) mass is 450 g/mol. The van der Waals surface area contributed by atoms with Crippen LogP contribution in [0.1, 0.15) is 24.0 Å². The van der Waals surface area contributed by atoms with E-state index in [1.807, 2.05) is 36.4 Å². The molecule has 1 saturated heterocycles. The lowest BCUT2D eigenvalue weighted by Crippen LogP contribution is -2.49. The Balaban J connectivity index is 1.25. The van der Waals surface area contributed by atoms with Crippen molar-refractivity contribution in [2.75, 3.05) is 26.4 Å². The summed E-state index contributed by atoms with van der Waals surface area (Å²) in [6.07, 6.45) is 2.15. The van der Waals surface area contributed by atoms with Gasteiger partial charge in [-0.05, 0) is 29.2 Å². The van der Waals surface area contributed by atoms with Gasteiger partial charge in [-0.2, -0.15) is 0 Å². The molecule has 2 atom stereocenters. The van der Waals surface area contributed by atoms with Crippen LogP contribution in [0.15, 0.2) is 60.7 Å². The number of ether oxygens (including phenoxy) is 2. The molecule has 172 valence electrons. The van der Waals surface area contributed by atoms with Crippen LogP contribution < -0.4 is 10.6 Å². The molecule has 0 radical (unpaired) electrons. The van der Waals surface area contributed by atoms with E-state index in [4.69, 9.17) is 9.47 Å². The second-order valence-corrected chi connectivity index (χ2v) is 8.41. The number of carboxylic acid groups (broad SMARTS) is 1. The van der Waals surface area contributed by atoms with E-state index in [-0.39, 0.29) is 32.3 Å². The molecule has 1 aliphatic carbocycles. The van der Waals surface area contributed by atoms with Gasteiger partial charge in [-0.1, -0.05) is 54.6 Å². The van der Waals surface area contributed by atoms with Gasteiger partial charge in [-0.25, -0.2) is 4.79 Å². The number of nitrogens with one attached hydrogen (secondary N) is 2. The zero-order valence-corrected chi connectivity index (χ0v) is 18.2. The number of carbonyl (C=O) groups is 3. The number of carboxylic acids is 1. The summed E-state index contributed by atoms with van der Waals surface area (Å²) >= 11 is 0. The summed E-state index contributed by atoms with van der Waals surface area (Å²) in [6.45, 7) is 2.03. The number of hydrogen-bond donors (Lipinski definition) is 3. The Kier molecular flexibility index (Phi) is 6.46.